The molecule has 114 valence electrons. The summed E-state index contributed by atoms with van der Waals surface area (Å²) in [6.45, 7) is 19.1. The van der Waals surface area contributed by atoms with Gasteiger partial charge in [0.1, 0.15) is 5.75 Å². The standard InChI is InChI=1S/C18H31NO/c1-13-9-10-14(2)16(15(13)3)20-12-18(7,8)11-19-17(4,5)6/h9-10,19H,11-12H2,1-8H3. The lowest BCUT2D eigenvalue weighted by Crippen LogP contribution is -2.43. The molecule has 0 amide bonds. The summed E-state index contributed by atoms with van der Waals surface area (Å²) in [5, 5.41) is 3.56. The van der Waals surface area contributed by atoms with Crippen LogP contribution in [0.2, 0.25) is 0 Å². The van der Waals surface area contributed by atoms with Crippen LogP contribution in [0.15, 0.2) is 12.1 Å². The highest BCUT2D eigenvalue weighted by molar-refractivity contribution is 5.44. The summed E-state index contributed by atoms with van der Waals surface area (Å²) < 4.78 is 6.14. The highest BCUT2D eigenvalue weighted by Crippen LogP contribution is 2.27. The van der Waals surface area contributed by atoms with Gasteiger partial charge in [-0.25, -0.2) is 0 Å². The molecule has 20 heavy (non-hydrogen) atoms. The SMILES string of the molecule is Cc1ccc(C)c(OCC(C)(C)CNC(C)(C)C)c1C. The molecule has 2 nitrogen and oxygen atoms in total. The van der Waals surface area contributed by atoms with Gasteiger partial charge in [-0.1, -0.05) is 26.0 Å². The molecule has 1 aromatic carbocycles. The van der Waals surface area contributed by atoms with Gasteiger partial charge in [0.15, 0.2) is 0 Å². The lowest BCUT2D eigenvalue weighted by atomic mass is 9.93. The lowest BCUT2D eigenvalue weighted by Gasteiger charge is -2.31. The second kappa shape index (κ2) is 6.17. The Morgan fingerprint density at radius 1 is 0.950 bits per heavy atom. The minimum Gasteiger partial charge on any atom is -0.492 e. The van der Waals surface area contributed by atoms with Crippen molar-refractivity contribution in [3.8, 4) is 5.75 Å². The third-order valence-electron chi connectivity index (χ3n) is 3.58. The van der Waals surface area contributed by atoms with Crippen LogP contribution in [0.25, 0.3) is 0 Å². The van der Waals surface area contributed by atoms with Gasteiger partial charge in [-0.3, -0.25) is 0 Å². The van der Waals surface area contributed by atoms with Gasteiger partial charge in [0, 0.05) is 17.5 Å². The second-order valence-electron chi connectivity index (χ2n) is 7.71. The minimum atomic E-state index is 0.107. The Morgan fingerprint density at radius 3 is 2.05 bits per heavy atom. The maximum atomic E-state index is 6.14. The molecule has 0 unspecified atom stereocenters. The van der Waals surface area contributed by atoms with E-state index >= 15 is 0 Å². The van der Waals surface area contributed by atoms with Crippen molar-refractivity contribution >= 4 is 0 Å². The van der Waals surface area contributed by atoms with Gasteiger partial charge in [-0.15, -0.1) is 0 Å². The molecule has 0 saturated carbocycles. The highest BCUT2D eigenvalue weighted by Gasteiger charge is 2.22. The van der Waals surface area contributed by atoms with Gasteiger partial charge < -0.3 is 10.1 Å². The van der Waals surface area contributed by atoms with Gasteiger partial charge >= 0.3 is 0 Å². The zero-order valence-corrected chi connectivity index (χ0v) is 14.5. The van der Waals surface area contributed by atoms with E-state index in [2.05, 4.69) is 72.8 Å². The molecule has 0 atom stereocenters. The molecule has 0 aromatic heterocycles. The third kappa shape index (κ3) is 5.16. The predicted octanol–water partition coefficient (Wildman–Crippen LogP) is 4.40. The van der Waals surface area contributed by atoms with Gasteiger partial charge in [0.05, 0.1) is 6.61 Å². The molecule has 0 heterocycles. The fourth-order valence-electron chi connectivity index (χ4n) is 1.97. The van der Waals surface area contributed by atoms with E-state index < -0.39 is 0 Å². The fourth-order valence-corrected chi connectivity index (χ4v) is 1.97. The molecular formula is C18H31NO. The monoisotopic (exact) mass is 277 g/mol. The first-order chi connectivity index (χ1) is 9.02. The van der Waals surface area contributed by atoms with Gasteiger partial charge in [0.2, 0.25) is 0 Å². The van der Waals surface area contributed by atoms with Crippen molar-refractivity contribution in [3.05, 3.63) is 28.8 Å². The minimum absolute atomic E-state index is 0.107. The van der Waals surface area contributed by atoms with Crippen LogP contribution in [0.3, 0.4) is 0 Å². The zero-order chi connectivity index (χ0) is 15.6. The topological polar surface area (TPSA) is 21.3 Å². The van der Waals surface area contributed by atoms with E-state index in [1.807, 2.05) is 0 Å². The van der Waals surface area contributed by atoms with Crippen LogP contribution >= 0.6 is 0 Å². The van der Waals surface area contributed by atoms with E-state index in [0.717, 1.165) is 18.9 Å². The molecule has 0 aliphatic rings. The van der Waals surface area contributed by atoms with E-state index in [9.17, 15) is 0 Å². The average molecular weight is 277 g/mol. The first-order valence-electron chi connectivity index (χ1n) is 7.46. The van der Waals surface area contributed by atoms with Crippen molar-refractivity contribution in [2.75, 3.05) is 13.2 Å². The molecule has 0 bridgehead atoms. The Hall–Kier alpha value is -1.02. The molecule has 2 heteroatoms. The van der Waals surface area contributed by atoms with Crippen molar-refractivity contribution < 1.29 is 4.74 Å². The summed E-state index contributed by atoms with van der Waals surface area (Å²) in [5.74, 6) is 1.05. The van der Waals surface area contributed by atoms with E-state index in [1.165, 1.54) is 16.7 Å². The van der Waals surface area contributed by atoms with E-state index in [0.29, 0.717) is 0 Å². The molecule has 0 spiro atoms. The normalized spacial score (nSPS) is 12.6. The average Bonchev–Trinajstić information content (AvgIpc) is 2.31. The molecule has 0 aliphatic heterocycles. The van der Waals surface area contributed by atoms with E-state index in [1.54, 1.807) is 0 Å². The molecule has 0 aliphatic carbocycles. The summed E-state index contributed by atoms with van der Waals surface area (Å²) in [6, 6.07) is 4.29. The summed E-state index contributed by atoms with van der Waals surface area (Å²) in [4.78, 5) is 0. The molecule has 1 N–H and O–H groups in total. The predicted molar refractivity (Wildman–Crippen MR) is 87.7 cm³/mol. The van der Waals surface area contributed by atoms with Crippen LogP contribution in [-0.4, -0.2) is 18.7 Å². The Kier molecular flexibility index (Phi) is 5.26. The highest BCUT2D eigenvalue weighted by atomic mass is 16.5. The first-order valence-corrected chi connectivity index (χ1v) is 7.46. The number of hydrogen-bond acceptors (Lipinski definition) is 2. The molecule has 1 rings (SSSR count). The summed E-state index contributed by atoms with van der Waals surface area (Å²) in [5.41, 5.74) is 4.01. The van der Waals surface area contributed by atoms with Gasteiger partial charge in [-0.2, -0.15) is 0 Å². The van der Waals surface area contributed by atoms with Crippen LogP contribution < -0.4 is 10.1 Å². The number of benzene rings is 1. The van der Waals surface area contributed by atoms with Crippen LogP contribution in [-0.2, 0) is 0 Å². The van der Waals surface area contributed by atoms with Crippen molar-refractivity contribution in [3.63, 3.8) is 0 Å². The Balaban J connectivity index is 2.69. The van der Waals surface area contributed by atoms with Crippen LogP contribution in [0.4, 0.5) is 0 Å². The van der Waals surface area contributed by atoms with Crippen molar-refractivity contribution in [1.29, 1.82) is 0 Å². The molecule has 1 aromatic rings. The third-order valence-corrected chi connectivity index (χ3v) is 3.58. The smallest absolute Gasteiger partial charge is 0.125 e. The van der Waals surface area contributed by atoms with Crippen molar-refractivity contribution in [1.82, 2.24) is 5.32 Å². The van der Waals surface area contributed by atoms with E-state index in [-0.39, 0.29) is 11.0 Å². The summed E-state index contributed by atoms with van der Waals surface area (Å²) >= 11 is 0. The maximum Gasteiger partial charge on any atom is 0.125 e. The second-order valence-corrected chi connectivity index (χ2v) is 7.71. The Labute approximate surface area is 124 Å². The Bertz CT molecular complexity index is 455. The lowest BCUT2D eigenvalue weighted by molar-refractivity contribution is 0.164. The van der Waals surface area contributed by atoms with Gasteiger partial charge in [-0.05, 0) is 58.2 Å². The van der Waals surface area contributed by atoms with Crippen LogP contribution in [0.5, 0.6) is 5.75 Å². The fraction of sp³-hybridized carbons (Fsp3) is 0.667. The number of rotatable bonds is 5. The van der Waals surface area contributed by atoms with Crippen molar-refractivity contribution in [2.24, 2.45) is 5.41 Å². The molecular weight excluding hydrogens is 246 g/mol. The van der Waals surface area contributed by atoms with Crippen LogP contribution in [0.1, 0.15) is 51.3 Å². The Morgan fingerprint density at radius 2 is 1.50 bits per heavy atom. The zero-order valence-electron chi connectivity index (χ0n) is 14.5. The van der Waals surface area contributed by atoms with Gasteiger partial charge in [0.25, 0.3) is 0 Å². The largest absolute Gasteiger partial charge is 0.492 e. The quantitative estimate of drug-likeness (QED) is 0.861. The number of hydrogen-bond donors (Lipinski definition) is 1. The number of nitrogens with one attached hydrogen (secondary N) is 1. The molecule has 0 saturated heterocycles. The number of aryl methyl sites for hydroxylation is 2. The molecule has 0 radical (unpaired) electrons. The summed E-state index contributed by atoms with van der Waals surface area (Å²) in [6.07, 6.45) is 0. The first kappa shape index (κ1) is 17.0. The maximum absolute atomic E-state index is 6.14. The number of ether oxygens (including phenoxy) is 1. The van der Waals surface area contributed by atoms with Crippen molar-refractivity contribution in [2.45, 2.75) is 60.9 Å². The van der Waals surface area contributed by atoms with E-state index in [4.69, 9.17) is 4.74 Å². The van der Waals surface area contributed by atoms with Crippen LogP contribution in [0, 0.1) is 26.2 Å². The molecule has 0 fully saturated rings. The summed E-state index contributed by atoms with van der Waals surface area (Å²) in [7, 11) is 0.